The molecule has 0 bridgehead atoms. The SMILES string of the molecule is O=C(O)Cc1ccc(C#Cc2ccc(OCc3ccccc3)nn2)nc1. The predicted molar refractivity (Wildman–Crippen MR) is 94.4 cm³/mol. The number of carbonyl (C=O) groups is 1. The molecule has 0 aliphatic carbocycles. The number of aliphatic carboxylic acids is 1. The van der Waals surface area contributed by atoms with Gasteiger partial charge in [0.25, 0.3) is 0 Å². The highest BCUT2D eigenvalue weighted by Gasteiger charge is 2.01. The molecule has 6 nitrogen and oxygen atoms in total. The van der Waals surface area contributed by atoms with E-state index in [-0.39, 0.29) is 6.42 Å². The molecular formula is C20H15N3O3. The lowest BCUT2D eigenvalue weighted by atomic mass is 10.2. The van der Waals surface area contributed by atoms with Crippen molar-refractivity contribution in [1.82, 2.24) is 15.2 Å². The fraction of sp³-hybridized carbons (Fsp3) is 0.100. The van der Waals surface area contributed by atoms with Crippen LogP contribution in [0.5, 0.6) is 5.88 Å². The number of carboxylic acids is 1. The topological polar surface area (TPSA) is 85.2 Å². The third-order valence-electron chi connectivity index (χ3n) is 3.37. The molecule has 0 aliphatic heterocycles. The average molecular weight is 345 g/mol. The lowest BCUT2D eigenvalue weighted by Gasteiger charge is -2.03. The Kier molecular flexibility index (Phi) is 5.53. The summed E-state index contributed by atoms with van der Waals surface area (Å²) in [6.45, 7) is 0.424. The van der Waals surface area contributed by atoms with Crippen LogP contribution in [0.1, 0.15) is 22.5 Å². The molecule has 6 heteroatoms. The van der Waals surface area contributed by atoms with Gasteiger partial charge in [-0.2, -0.15) is 0 Å². The zero-order valence-electron chi connectivity index (χ0n) is 13.8. The second-order valence-electron chi connectivity index (χ2n) is 5.40. The normalized spacial score (nSPS) is 9.85. The molecule has 1 aromatic carbocycles. The van der Waals surface area contributed by atoms with E-state index in [1.165, 1.54) is 6.20 Å². The van der Waals surface area contributed by atoms with Crippen molar-refractivity contribution in [3.8, 4) is 17.7 Å². The summed E-state index contributed by atoms with van der Waals surface area (Å²) in [4.78, 5) is 14.8. The second kappa shape index (κ2) is 8.40. The standard InChI is InChI=1S/C20H15N3O3/c24-20(25)12-16-6-7-17(21-13-16)8-9-18-10-11-19(23-22-18)26-14-15-4-2-1-3-5-15/h1-7,10-11,13H,12,14H2,(H,24,25). The molecule has 3 aromatic rings. The van der Waals surface area contributed by atoms with E-state index < -0.39 is 5.97 Å². The molecular weight excluding hydrogens is 330 g/mol. The predicted octanol–water partition coefficient (Wildman–Crippen LogP) is 2.48. The Morgan fingerprint density at radius 3 is 2.35 bits per heavy atom. The molecule has 26 heavy (non-hydrogen) atoms. The number of pyridine rings is 1. The van der Waals surface area contributed by atoms with E-state index >= 15 is 0 Å². The molecule has 0 unspecified atom stereocenters. The second-order valence-corrected chi connectivity index (χ2v) is 5.40. The van der Waals surface area contributed by atoms with Crippen LogP contribution in [0, 0.1) is 11.8 Å². The highest BCUT2D eigenvalue weighted by atomic mass is 16.5. The van der Waals surface area contributed by atoms with E-state index in [1.54, 1.807) is 24.3 Å². The minimum Gasteiger partial charge on any atom is -0.481 e. The van der Waals surface area contributed by atoms with Gasteiger partial charge >= 0.3 is 5.97 Å². The van der Waals surface area contributed by atoms with Gasteiger partial charge in [0.1, 0.15) is 18.0 Å². The van der Waals surface area contributed by atoms with Gasteiger partial charge < -0.3 is 9.84 Å². The molecule has 0 atom stereocenters. The van der Waals surface area contributed by atoms with Crippen LogP contribution in [-0.2, 0) is 17.8 Å². The van der Waals surface area contributed by atoms with E-state index in [2.05, 4.69) is 27.0 Å². The Hall–Kier alpha value is -3.72. The summed E-state index contributed by atoms with van der Waals surface area (Å²) >= 11 is 0. The first-order valence-corrected chi connectivity index (χ1v) is 7.88. The first kappa shape index (κ1) is 17.1. The van der Waals surface area contributed by atoms with Crippen molar-refractivity contribution in [2.75, 3.05) is 0 Å². The minimum atomic E-state index is -0.893. The van der Waals surface area contributed by atoms with Crippen molar-refractivity contribution in [2.45, 2.75) is 13.0 Å². The smallest absolute Gasteiger partial charge is 0.307 e. The monoisotopic (exact) mass is 345 g/mol. The zero-order chi connectivity index (χ0) is 18.2. The molecule has 128 valence electrons. The molecule has 1 N–H and O–H groups in total. The molecule has 0 amide bonds. The highest BCUT2D eigenvalue weighted by Crippen LogP contribution is 2.08. The van der Waals surface area contributed by atoms with E-state index in [1.807, 2.05) is 30.3 Å². The summed E-state index contributed by atoms with van der Waals surface area (Å²) in [6, 6.07) is 16.6. The fourth-order valence-electron chi connectivity index (χ4n) is 2.10. The highest BCUT2D eigenvalue weighted by molar-refractivity contribution is 5.70. The third-order valence-corrected chi connectivity index (χ3v) is 3.37. The van der Waals surface area contributed by atoms with Gasteiger partial charge in [-0.1, -0.05) is 36.4 Å². The van der Waals surface area contributed by atoms with E-state index in [9.17, 15) is 4.79 Å². The van der Waals surface area contributed by atoms with Crippen molar-refractivity contribution >= 4 is 5.97 Å². The molecule has 0 aliphatic rings. The quantitative estimate of drug-likeness (QED) is 0.715. The van der Waals surface area contributed by atoms with Crippen LogP contribution in [0.25, 0.3) is 0 Å². The number of hydrogen-bond donors (Lipinski definition) is 1. The number of rotatable bonds is 5. The lowest BCUT2D eigenvalue weighted by Crippen LogP contribution is -2.00. The molecule has 2 aromatic heterocycles. The Morgan fingerprint density at radius 2 is 1.69 bits per heavy atom. The molecule has 3 rings (SSSR count). The van der Waals surface area contributed by atoms with Crippen molar-refractivity contribution < 1.29 is 14.6 Å². The Balaban J connectivity index is 1.59. The first-order valence-electron chi connectivity index (χ1n) is 7.88. The molecule has 0 fully saturated rings. The van der Waals surface area contributed by atoms with Crippen LogP contribution in [0.15, 0.2) is 60.8 Å². The van der Waals surface area contributed by atoms with Gasteiger partial charge in [-0.15, -0.1) is 10.2 Å². The maximum atomic E-state index is 10.6. The number of aromatic nitrogens is 3. The molecule has 2 heterocycles. The summed E-state index contributed by atoms with van der Waals surface area (Å²) < 4.78 is 5.57. The summed E-state index contributed by atoms with van der Waals surface area (Å²) in [7, 11) is 0. The van der Waals surface area contributed by atoms with Gasteiger partial charge in [-0.05, 0) is 35.1 Å². The Bertz CT molecular complexity index is 928. The molecule has 0 saturated heterocycles. The van der Waals surface area contributed by atoms with Crippen LogP contribution in [-0.4, -0.2) is 26.3 Å². The maximum absolute atomic E-state index is 10.6. The minimum absolute atomic E-state index is 0.0589. The van der Waals surface area contributed by atoms with Crippen molar-refractivity contribution in [2.24, 2.45) is 0 Å². The van der Waals surface area contributed by atoms with E-state index in [4.69, 9.17) is 9.84 Å². The van der Waals surface area contributed by atoms with E-state index in [0.717, 1.165) is 5.56 Å². The number of benzene rings is 1. The maximum Gasteiger partial charge on any atom is 0.307 e. The fourth-order valence-corrected chi connectivity index (χ4v) is 2.10. The number of hydrogen-bond acceptors (Lipinski definition) is 5. The summed E-state index contributed by atoms with van der Waals surface area (Å²) in [5.41, 5.74) is 2.71. The van der Waals surface area contributed by atoms with Gasteiger partial charge in [0, 0.05) is 12.3 Å². The van der Waals surface area contributed by atoms with Crippen LogP contribution < -0.4 is 4.74 Å². The van der Waals surface area contributed by atoms with Gasteiger partial charge in [0.2, 0.25) is 5.88 Å². The third kappa shape index (κ3) is 5.14. The van der Waals surface area contributed by atoms with Gasteiger partial charge in [0.05, 0.1) is 6.42 Å². The van der Waals surface area contributed by atoms with Crippen LogP contribution >= 0.6 is 0 Å². The molecule has 0 saturated carbocycles. The molecule has 0 radical (unpaired) electrons. The van der Waals surface area contributed by atoms with Crippen LogP contribution in [0.4, 0.5) is 0 Å². The summed E-state index contributed by atoms with van der Waals surface area (Å²) in [5.74, 6) is 5.26. The zero-order valence-corrected chi connectivity index (χ0v) is 13.8. The number of carboxylic acid groups (broad SMARTS) is 1. The Morgan fingerprint density at radius 1 is 0.923 bits per heavy atom. The first-order chi connectivity index (χ1) is 12.7. The summed E-state index contributed by atoms with van der Waals surface area (Å²) in [5, 5.41) is 16.7. The lowest BCUT2D eigenvalue weighted by molar-refractivity contribution is -0.136. The van der Waals surface area contributed by atoms with Gasteiger partial charge in [0.15, 0.2) is 0 Å². The van der Waals surface area contributed by atoms with Crippen molar-refractivity contribution in [3.05, 3.63) is 83.3 Å². The van der Waals surface area contributed by atoms with Crippen LogP contribution in [0.2, 0.25) is 0 Å². The van der Waals surface area contributed by atoms with Gasteiger partial charge in [-0.3, -0.25) is 4.79 Å². The Labute approximate surface area is 150 Å². The number of ether oxygens (including phenoxy) is 1. The molecule has 0 spiro atoms. The average Bonchev–Trinajstić information content (AvgIpc) is 2.67. The van der Waals surface area contributed by atoms with Crippen LogP contribution in [0.3, 0.4) is 0 Å². The van der Waals surface area contributed by atoms with Gasteiger partial charge in [-0.25, -0.2) is 4.98 Å². The van der Waals surface area contributed by atoms with Crippen molar-refractivity contribution in [3.63, 3.8) is 0 Å². The number of nitrogens with zero attached hydrogens (tertiary/aromatic N) is 3. The summed E-state index contributed by atoms with van der Waals surface area (Å²) in [6.07, 6.45) is 1.45. The largest absolute Gasteiger partial charge is 0.481 e. The van der Waals surface area contributed by atoms with Crippen molar-refractivity contribution in [1.29, 1.82) is 0 Å². The van der Waals surface area contributed by atoms with E-state index in [0.29, 0.717) is 29.4 Å².